The number of carbonyl (C=O) groups excluding carboxylic acids is 1. The van der Waals surface area contributed by atoms with Crippen molar-refractivity contribution in [3.8, 4) is 0 Å². The van der Waals surface area contributed by atoms with Gasteiger partial charge in [-0.3, -0.25) is 0 Å². The van der Waals surface area contributed by atoms with Crippen LogP contribution in [0.2, 0.25) is 0 Å². The highest BCUT2D eigenvalue weighted by atomic mass is 16.6. The van der Waals surface area contributed by atoms with E-state index < -0.39 is 5.60 Å². The first-order chi connectivity index (χ1) is 13.3. The Balaban J connectivity index is 1.16. The quantitative estimate of drug-likeness (QED) is 0.779. The molecule has 1 aliphatic carbocycles. The number of alkyl carbamates (subject to hydrolysis) is 1. The smallest absolute Gasteiger partial charge is 0.407 e. The maximum atomic E-state index is 11.9. The highest BCUT2D eigenvalue weighted by Gasteiger charge is 2.55. The van der Waals surface area contributed by atoms with Gasteiger partial charge in [-0.2, -0.15) is 0 Å². The van der Waals surface area contributed by atoms with Crippen LogP contribution in [0.3, 0.4) is 0 Å². The molecule has 2 saturated heterocycles. The van der Waals surface area contributed by atoms with Crippen molar-refractivity contribution in [3.05, 3.63) is 24.3 Å². The van der Waals surface area contributed by atoms with E-state index in [9.17, 15) is 4.79 Å². The highest BCUT2D eigenvalue weighted by molar-refractivity contribution is 5.68. The van der Waals surface area contributed by atoms with Gasteiger partial charge in [0.15, 0.2) is 0 Å². The number of ether oxygens (including phenoxy) is 1. The van der Waals surface area contributed by atoms with Gasteiger partial charge in [-0.15, -0.1) is 0 Å². The predicted octanol–water partition coefficient (Wildman–Crippen LogP) is 2.94. The third-order valence-electron chi connectivity index (χ3n) is 6.41. The molecule has 1 aromatic carbocycles. The van der Waals surface area contributed by atoms with Crippen molar-refractivity contribution in [3.63, 3.8) is 0 Å². The number of nitrogens with two attached hydrogens (primary N) is 1. The highest BCUT2D eigenvalue weighted by Crippen LogP contribution is 2.53. The molecule has 2 heterocycles. The van der Waals surface area contributed by atoms with Crippen LogP contribution in [0, 0.1) is 17.8 Å². The number of likely N-dealkylation sites (tertiary alicyclic amines) is 1. The summed E-state index contributed by atoms with van der Waals surface area (Å²) in [5, 5.41) is 3.03. The van der Waals surface area contributed by atoms with Crippen LogP contribution in [0.1, 0.15) is 33.6 Å². The molecule has 6 heteroatoms. The average molecular weight is 387 g/mol. The minimum Gasteiger partial charge on any atom is -0.444 e. The molecule has 1 saturated carbocycles. The predicted molar refractivity (Wildman–Crippen MR) is 112 cm³/mol. The molecule has 3 aliphatic rings. The molecule has 1 amide bonds. The first kappa shape index (κ1) is 19.4. The van der Waals surface area contributed by atoms with Crippen molar-refractivity contribution in [2.24, 2.45) is 17.8 Å². The zero-order valence-electron chi connectivity index (χ0n) is 17.4. The summed E-state index contributed by atoms with van der Waals surface area (Å²) in [4.78, 5) is 17.0. The summed E-state index contributed by atoms with van der Waals surface area (Å²) >= 11 is 0. The van der Waals surface area contributed by atoms with E-state index in [4.69, 9.17) is 10.5 Å². The molecule has 0 aromatic heterocycles. The van der Waals surface area contributed by atoms with Crippen LogP contribution in [0.5, 0.6) is 0 Å². The number of anilines is 2. The van der Waals surface area contributed by atoms with Gasteiger partial charge in [0.25, 0.3) is 0 Å². The molecular formula is C22H34N4O2. The van der Waals surface area contributed by atoms with Gasteiger partial charge in [0.2, 0.25) is 0 Å². The summed E-state index contributed by atoms with van der Waals surface area (Å²) < 4.78 is 5.37. The van der Waals surface area contributed by atoms with Gasteiger partial charge in [-0.05, 0) is 75.6 Å². The number of amides is 1. The van der Waals surface area contributed by atoms with Crippen LogP contribution >= 0.6 is 0 Å². The number of nitrogens with one attached hydrogen (secondary N) is 1. The number of rotatable bonds is 4. The normalized spacial score (nSPS) is 28.1. The number of fused-ring (bicyclic) bond motifs is 1. The Morgan fingerprint density at radius 3 is 2.32 bits per heavy atom. The van der Waals surface area contributed by atoms with Crippen molar-refractivity contribution < 1.29 is 9.53 Å². The maximum Gasteiger partial charge on any atom is 0.407 e. The van der Waals surface area contributed by atoms with Crippen molar-refractivity contribution in [1.82, 2.24) is 10.2 Å². The van der Waals surface area contributed by atoms with E-state index in [-0.39, 0.29) is 12.1 Å². The lowest BCUT2D eigenvalue weighted by Crippen LogP contribution is -2.46. The zero-order valence-corrected chi connectivity index (χ0v) is 17.4. The molecule has 3 N–H and O–H groups in total. The number of carbonyl (C=O) groups is 1. The molecule has 2 unspecified atom stereocenters. The maximum absolute atomic E-state index is 11.9. The lowest BCUT2D eigenvalue weighted by molar-refractivity contribution is 0.0477. The first-order valence-corrected chi connectivity index (χ1v) is 10.6. The fourth-order valence-electron chi connectivity index (χ4n) is 4.85. The largest absolute Gasteiger partial charge is 0.444 e. The van der Waals surface area contributed by atoms with Crippen LogP contribution in [-0.2, 0) is 4.74 Å². The Morgan fingerprint density at radius 2 is 1.75 bits per heavy atom. The molecule has 28 heavy (non-hydrogen) atoms. The molecule has 0 spiro atoms. The van der Waals surface area contributed by atoms with E-state index in [0.29, 0.717) is 0 Å². The number of piperidine rings is 2. The van der Waals surface area contributed by atoms with Crippen molar-refractivity contribution in [1.29, 1.82) is 0 Å². The summed E-state index contributed by atoms with van der Waals surface area (Å²) in [6, 6.07) is 8.50. The number of nitrogens with zero attached hydrogens (tertiary/aromatic N) is 2. The Bertz CT molecular complexity index is 679. The van der Waals surface area contributed by atoms with E-state index in [1.165, 1.54) is 25.3 Å². The van der Waals surface area contributed by atoms with Crippen LogP contribution in [0.15, 0.2) is 24.3 Å². The Morgan fingerprint density at radius 1 is 1.14 bits per heavy atom. The lowest BCUT2D eigenvalue weighted by atomic mass is 10.0. The Kier molecular flexibility index (Phi) is 5.17. The topological polar surface area (TPSA) is 70.8 Å². The number of benzene rings is 1. The second kappa shape index (κ2) is 7.47. The van der Waals surface area contributed by atoms with E-state index in [1.807, 2.05) is 32.9 Å². The fourth-order valence-corrected chi connectivity index (χ4v) is 4.85. The summed E-state index contributed by atoms with van der Waals surface area (Å²) in [7, 11) is 0. The number of hydrogen-bond acceptors (Lipinski definition) is 5. The monoisotopic (exact) mass is 386 g/mol. The number of nitrogen functional groups attached to an aromatic ring is 1. The summed E-state index contributed by atoms with van der Waals surface area (Å²) in [5.74, 6) is 2.53. The first-order valence-electron chi connectivity index (χ1n) is 10.6. The van der Waals surface area contributed by atoms with Gasteiger partial charge in [0.05, 0.1) is 0 Å². The molecule has 1 aromatic rings. The van der Waals surface area contributed by atoms with Gasteiger partial charge >= 0.3 is 6.09 Å². The summed E-state index contributed by atoms with van der Waals surface area (Å²) in [6.07, 6.45) is 1.74. The van der Waals surface area contributed by atoms with Gasteiger partial charge < -0.3 is 25.6 Å². The minimum absolute atomic E-state index is 0.241. The molecule has 2 aliphatic heterocycles. The molecule has 3 fully saturated rings. The molecule has 4 rings (SSSR count). The molecule has 154 valence electrons. The zero-order chi connectivity index (χ0) is 19.9. The summed E-state index contributed by atoms with van der Waals surface area (Å²) in [6.45, 7) is 11.4. The van der Waals surface area contributed by atoms with Crippen molar-refractivity contribution in [2.45, 2.75) is 45.3 Å². The fraction of sp³-hybridized carbons (Fsp3) is 0.682. The standard InChI is InChI=1S/C22H34N4O2/c1-22(2,3)28-21(27)24-16-8-10-25(11-9-16)12-18-19-13-26(14-20(18)19)17-6-4-15(23)5-7-17/h4-7,16,18-20H,8-14,23H2,1-3H3,(H,24,27). The van der Waals surface area contributed by atoms with Crippen molar-refractivity contribution >= 4 is 17.5 Å². The molecule has 0 bridgehead atoms. The Labute approximate surface area is 168 Å². The number of hydrogen-bond donors (Lipinski definition) is 2. The minimum atomic E-state index is -0.436. The van der Waals surface area contributed by atoms with Crippen LogP contribution in [0.4, 0.5) is 16.2 Å². The van der Waals surface area contributed by atoms with E-state index in [2.05, 4.69) is 27.2 Å². The average Bonchev–Trinajstić information content (AvgIpc) is 3.05. The Hall–Kier alpha value is -1.95. The second-order valence-corrected chi connectivity index (χ2v) is 9.71. The van der Waals surface area contributed by atoms with E-state index >= 15 is 0 Å². The lowest BCUT2D eigenvalue weighted by Gasteiger charge is -2.33. The van der Waals surface area contributed by atoms with E-state index in [0.717, 1.165) is 49.4 Å². The third-order valence-corrected chi connectivity index (χ3v) is 6.41. The molecule has 6 nitrogen and oxygen atoms in total. The summed E-state index contributed by atoms with van der Waals surface area (Å²) in [5.41, 5.74) is 7.49. The van der Waals surface area contributed by atoms with Gasteiger partial charge in [0.1, 0.15) is 5.60 Å². The SMILES string of the molecule is CC(C)(C)OC(=O)NC1CCN(CC2C3CN(c4ccc(N)cc4)CC23)CC1. The second-order valence-electron chi connectivity index (χ2n) is 9.71. The van der Waals surface area contributed by atoms with Crippen molar-refractivity contribution in [2.75, 3.05) is 43.4 Å². The van der Waals surface area contributed by atoms with Gasteiger partial charge in [-0.1, -0.05) is 0 Å². The molecular weight excluding hydrogens is 352 g/mol. The van der Waals surface area contributed by atoms with Gasteiger partial charge in [0, 0.05) is 50.1 Å². The third kappa shape index (κ3) is 4.54. The molecule has 0 radical (unpaired) electrons. The molecule has 2 atom stereocenters. The van der Waals surface area contributed by atoms with Gasteiger partial charge in [-0.25, -0.2) is 4.79 Å². The van der Waals surface area contributed by atoms with E-state index in [1.54, 1.807) is 0 Å². The van der Waals surface area contributed by atoms with Crippen LogP contribution in [0.25, 0.3) is 0 Å². The van der Waals surface area contributed by atoms with Crippen LogP contribution < -0.4 is 16.0 Å². The van der Waals surface area contributed by atoms with Crippen LogP contribution in [-0.4, -0.2) is 55.4 Å².